The molecule has 0 N–H and O–H groups in total. The second-order valence-corrected chi connectivity index (χ2v) is 3.95. The Morgan fingerprint density at radius 3 is 2.61 bits per heavy atom. The molecule has 0 aliphatic rings. The Balaban J connectivity index is 2.27. The van der Waals surface area contributed by atoms with Gasteiger partial charge in [-0.1, -0.05) is 12.1 Å². The van der Waals surface area contributed by atoms with Gasteiger partial charge in [-0.2, -0.15) is 0 Å². The molecular weight excluding hydrogens is 235 g/mol. The van der Waals surface area contributed by atoms with Crippen LogP contribution in [0.25, 0.3) is 0 Å². The summed E-state index contributed by atoms with van der Waals surface area (Å²) in [6.07, 6.45) is 1.86. The summed E-state index contributed by atoms with van der Waals surface area (Å²) in [6.45, 7) is 2.13. The number of ketones is 1. The number of rotatable bonds is 7. The van der Waals surface area contributed by atoms with Crippen molar-refractivity contribution in [3.05, 3.63) is 35.6 Å². The molecule has 1 rings (SSSR count). The SMILES string of the molecule is CCOC(=O)CCCCC(=O)c1cccc(F)c1. The predicted octanol–water partition coefficient (Wildman–Crippen LogP) is 3.13. The number of unbranched alkanes of at least 4 members (excludes halogenated alkanes) is 1. The number of halogens is 1. The van der Waals surface area contributed by atoms with Gasteiger partial charge in [0.25, 0.3) is 0 Å². The van der Waals surface area contributed by atoms with Gasteiger partial charge in [-0.05, 0) is 31.9 Å². The third-order valence-corrected chi connectivity index (χ3v) is 2.49. The summed E-state index contributed by atoms with van der Waals surface area (Å²) >= 11 is 0. The normalized spacial score (nSPS) is 10.1. The minimum atomic E-state index is -0.410. The molecule has 0 atom stereocenters. The molecule has 0 aromatic heterocycles. The van der Waals surface area contributed by atoms with Crippen LogP contribution in [0.15, 0.2) is 24.3 Å². The van der Waals surface area contributed by atoms with Crippen molar-refractivity contribution in [1.29, 1.82) is 0 Å². The van der Waals surface area contributed by atoms with Crippen LogP contribution in [0.5, 0.6) is 0 Å². The first kappa shape index (κ1) is 14.4. The number of benzene rings is 1. The third-order valence-electron chi connectivity index (χ3n) is 2.49. The first-order valence-corrected chi connectivity index (χ1v) is 6.08. The molecule has 0 saturated heterocycles. The van der Waals surface area contributed by atoms with E-state index in [1.54, 1.807) is 13.0 Å². The van der Waals surface area contributed by atoms with Gasteiger partial charge < -0.3 is 4.74 Å². The van der Waals surface area contributed by atoms with Crippen molar-refractivity contribution in [2.45, 2.75) is 32.6 Å². The van der Waals surface area contributed by atoms with Gasteiger partial charge in [-0.15, -0.1) is 0 Å². The summed E-state index contributed by atoms with van der Waals surface area (Å²) in [4.78, 5) is 22.7. The highest BCUT2D eigenvalue weighted by Gasteiger charge is 2.07. The highest BCUT2D eigenvalue weighted by molar-refractivity contribution is 5.95. The zero-order chi connectivity index (χ0) is 13.4. The maximum atomic E-state index is 12.9. The molecule has 0 aliphatic heterocycles. The molecule has 0 spiro atoms. The Labute approximate surface area is 106 Å². The molecule has 0 heterocycles. The van der Waals surface area contributed by atoms with Crippen molar-refractivity contribution < 1.29 is 18.7 Å². The lowest BCUT2D eigenvalue weighted by atomic mass is 10.0. The average Bonchev–Trinajstić information content (AvgIpc) is 2.35. The summed E-state index contributed by atoms with van der Waals surface area (Å²) in [6, 6.07) is 5.64. The summed E-state index contributed by atoms with van der Waals surface area (Å²) < 4.78 is 17.7. The van der Waals surface area contributed by atoms with E-state index in [9.17, 15) is 14.0 Å². The van der Waals surface area contributed by atoms with Crippen molar-refractivity contribution in [3.8, 4) is 0 Å². The fraction of sp³-hybridized carbons (Fsp3) is 0.429. The summed E-state index contributed by atoms with van der Waals surface area (Å²) in [5, 5.41) is 0. The topological polar surface area (TPSA) is 43.4 Å². The van der Waals surface area contributed by atoms with Gasteiger partial charge in [0, 0.05) is 18.4 Å². The van der Waals surface area contributed by atoms with Gasteiger partial charge in [-0.25, -0.2) is 4.39 Å². The Hall–Kier alpha value is -1.71. The Bertz CT molecular complexity index is 415. The number of hydrogen-bond acceptors (Lipinski definition) is 3. The average molecular weight is 252 g/mol. The fourth-order valence-corrected chi connectivity index (χ4v) is 1.59. The van der Waals surface area contributed by atoms with Crippen molar-refractivity contribution in [2.75, 3.05) is 6.61 Å². The van der Waals surface area contributed by atoms with E-state index in [-0.39, 0.29) is 11.8 Å². The van der Waals surface area contributed by atoms with Crippen LogP contribution in [-0.2, 0) is 9.53 Å². The van der Waals surface area contributed by atoms with Crippen molar-refractivity contribution in [2.24, 2.45) is 0 Å². The van der Waals surface area contributed by atoms with E-state index in [4.69, 9.17) is 4.74 Å². The molecular formula is C14H17FO3. The Morgan fingerprint density at radius 2 is 1.94 bits per heavy atom. The highest BCUT2D eigenvalue weighted by atomic mass is 19.1. The van der Waals surface area contributed by atoms with Crippen LogP contribution in [-0.4, -0.2) is 18.4 Å². The molecule has 0 aliphatic carbocycles. The molecule has 0 radical (unpaired) electrons. The maximum Gasteiger partial charge on any atom is 0.305 e. The molecule has 4 heteroatoms. The van der Waals surface area contributed by atoms with Gasteiger partial charge in [0.2, 0.25) is 0 Å². The van der Waals surface area contributed by atoms with Crippen LogP contribution >= 0.6 is 0 Å². The Kier molecular flexibility index (Phi) is 6.05. The second-order valence-electron chi connectivity index (χ2n) is 3.95. The highest BCUT2D eigenvalue weighted by Crippen LogP contribution is 2.10. The number of hydrogen-bond donors (Lipinski definition) is 0. The van der Waals surface area contributed by atoms with Crippen LogP contribution in [0.3, 0.4) is 0 Å². The zero-order valence-electron chi connectivity index (χ0n) is 10.4. The van der Waals surface area contributed by atoms with Crippen molar-refractivity contribution in [1.82, 2.24) is 0 Å². The van der Waals surface area contributed by atoms with E-state index in [2.05, 4.69) is 0 Å². The monoisotopic (exact) mass is 252 g/mol. The van der Waals surface area contributed by atoms with Crippen LogP contribution < -0.4 is 0 Å². The number of ether oxygens (including phenoxy) is 1. The lowest BCUT2D eigenvalue weighted by Gasteiger charge is -2.02. The summed E-state index contributed by atoms with van der Waals surface area (Å²) in [5.41, 5.74) is 0.381. The standard InChI is InChI=1S/C14H17FO3/c1-2-18-14(17)9-4-3-8-13(16)11-6-5-7-12(15)10-11/h5-7,10H,2-4,8-9H2,1H3. The summed E-state index contributed by atoms with van der Waals surface area (Å²) in [7, 11) is 0. The molecule has 98 valence electrons. The fourth-order valence-electron chi connectivity index (χ4n) is 1.59. The quantitative estimate of drug-likeness (QED) is 0.425. The smallest absolute Gasteiger partial charge is 0.305 e. The maximum absolute atomic E-state index is 12.9. The van der Waals surface area contributed by atoms with Gasteiger partial charge in [-0.3, -0.25) is 9.59 Å². The van der Waals surface area contributed by atoms with E-state index in [0.717, 1.165) is 0 Å². The van der Waals surface area contributed by atoms with E-state index < -0.39 is 5.82 Å². The molecule has 0 saturated carbocycles. The molecule has 1 aromatic carbocycles. The van der Waals surface area contributed by atoms with E-state index in [0.29, 0.717) is 37.9 Å². The number of esters is 1. The molecule has 0 amide bonds. The number of carbonyl (C=O) groups is 2. The molecule has 0 fully saturated rings. The Morgan fingerprint density at radius 1 is 1.22 bits per heavy atom. The van der Waals surface area contributed by atoms with Crippen molar-refractivity contribution in [3.63, 3.8) is 0 Å². The largest absolute Gasteiger partial charge is 0.466 e. The predicted molar refractivity (Wildman–Crippen MR) is 65.8 cm³/mol. The van der Waals surface area contributed by atoms with Crippen molar-refractivity contribution >= 4 is 11.8 Å². The lowest BCUT2D eigenvalue weighted by Crippen LogP contribution is -2.04. The molecule has 0 bridgehead atoms. The minimum Gasteiger partial charge on any atom is -0.466 e. The first-order valence-electron chi connectivity index (χ1n) is 6.08. The van der Waals surface area contributed by atoms with Crippen LogP contribution in [0.4, 0.5) is 4.39 Å². The molecule has 3 nitrogen and oxygen atoms in total. The zero-order valence-corrected chi connectivity index (χ0v) is 10.4. The lowest BCUT2D eigenvalue weighted by molar-refractivity contribution is -0.143. The van der Waals surface area contributed by atoms with E-state index >= 15 is 0 Å². The molecule has 18 heavy (non-hydrogen) atoms. The summed E-state index contributed by atoms with van der Waals surface area (Å²) in [5.74, 6) is -0.749. The minimum absolute atomic E-state index is 0.0987. The van der Waals surface area contributed by atoms with Gasteiger partial charge in [0.15, 0.2) is 5.78 Å². The number of carbonyl (C=O) groups excluding carboxylic acids is 2. The van der Waals surface area contributed by atoms with E-state index in [1.165, 1.54) is 18.2 Å². The van der Waals surface area contributed by atoms with Crippen LogP contribution in [0.2, 0.25) is 0 Å². The van der Waals surface area contributed by atoms with Gasteiger partial charge >= 0.3 is 5.97 Å². The first-order chi connectivity index (χ1) is 8.63. The van der Waals surface area contributed by atoms with Crippen LogP contribution in [0.1, 0.15) is 43.0 Å². The second kappa shape index (κ2) is 7.58. The van der Waals surface area contributed by atoms with E-state index in [1.807, 2.05) is 0 Å². The molecule has 0 unspecified atom stereocenters. The number of Topliss-reactive ketones (excluding diaryl/α,β-unsaturated/α-hetero) is 1. The van der Waals surface area contributed by atoms with Gasteiger partial charge in [0.05, 0.1) is 6.61 Å². The van der Waals surface area contributed by atoms with Gasteiger partial charge in [0.1, 0.15) is 5.82 Å². The van der Waals surface area contributed by atoms with Crippen LogP contribution in [0, 0.1) is 5.82 Å². The molecule has 1 aromatic rings. The third kappa shape index (κ3) is 5.08.